The highest BCUT2D eigenvalue weighted by Crippen LogP contribution is 2.16. The van der Waals surface area contributed by atoms with Crippen molar-refractivity contribution in [2.24, 2.45) is 40.7 Å². The molecular formula is C43H74N14O10. The molecule has 24 nitrogen and oxygen atoms in total. The number of rotatable bonds is 30. The lowest BCUT2D eigenvalue weighted by Crippen LogP contribution is -2.62. The number of amides is 8. The number of aromatic hydroxyl groups is 1. The number of aliphatic hydroxyl groups is 1. The minimum absolute atomic E-state index is 0.0316. The third-order valence-corrected chi connectivity index (χ3v) is 10.6. The van der Waals surface area contributed by atoms with Gasteiger partial charge < -0.3 is 75.3 Å². The molecule has 67 heavy (non-hydrogen) atoms. The fourth-order valence-electron chi connectivity index (χ4n) is 6.92. The average molecular weight is 947 g/mol. The molecule has 0 bridgehead atoms. The summed E-state index contributed by atoms with van der Waals surface area (Å²) in [6.45, 7) is 10.5. The summed E-state index contributed by atoms with van der Waals surface area (Å²) in [4.78, 5) is 108. The Hall–Kier alpha value is -6.72. The van der Waals surface area contributed by atoms with Crippen molar-refractivity contribution in [3.05, 3.63) is 29.8 Å². The van der Waals surface area contributed by atoms with E-state index >= 15 is 0 Å². The first-order chi connectivity index (χ1) is 31.2. The van der Waals surface area contributed by atoms with E-state index in [1.807, 2.05) is 13.8 Å². The predicted molar refractivity (Wildman–Crippen MR) is 249 cm³/mol. The van der Waals surface area contributed by atoms with Crippen LogP contribution in [0.4, 0.5) is 0 Å². The van der Waals surface area contributed by atoms with E-state index in [9.17, 15) is 48.6 Å². The Kier molecular flexibility index (Phi) is 25.3. The van der Waals surface area contributed by atoms with Crippen molar-refractivity contribution in [2.75, 3.05) is 20.1 Å². The zero-order chi connectivity index (χ0) is 51.1. The zero-order valence-electron chi connectivity index (χ0n) is 39.6. The van der Waals surface area contributed by atoms with Gasteiger partial charge in [-0.2, -0.15) is 0 Å². The van der Waals surface area contributed by atoms with E-state index in [-0.39, 0.29) is 81.1 Å². The molecule has 0 unspecified atom stereocenters. The maximum atomic E-state index is 14.3. The van der Waals surface area contributed by atoms with Crippen LogP contribution in [-0.2, 0) is 44.8 Å². The number of nitrogens with one attached hydrogen (secondary N) is 9. The lowest BCUT2D eigenvalue weighted by atomic mass is 9.96. The van der Waals surface area contributed by atoms with E-state index in [4.69, 9.17) is 33.8 Å². The molecule has 0 saturated heterocycles. The van der Waals surface area contributed by atoms with E-state index in [1.54, 1.807) is 20.8 Å². The minimum Gasteiger partial charge on any atom is -0.508 e. The zero-order valence-corrected chi connectivity index (χ0v) is 39.6. The van der Waals surface area contributed by atoms with Gasteiger partial charge in [-0.1, -0.05) is 46.8 Å². The maximum absolute atomic E-state index is 14.3. The number of guanidine groups is 2. The molecule has 0 aromatic heterocycles. The van der Waals surface area contributed by atoms with Crippen molar-refractivity contribution in [1.29, 1.82) is 10.8 Å². The lowest BCUT2D eigenvalue weighted by molar-refractivity contribution is -0.145. The molecule has 0 radical (unpaired) electrons. The van der Waals surface area contributed by atoms with Gasteiger partial charge in [0, 0.05) is 38.9 Å². The van der Waals surface area contributed by atoms with Crippen LogP contribution in [-0.4, -0.2) is 137 Å². The quantitative estimate of drug-likeness (QED) is 0.0210. The Bertz CT molecular complexity index is 1860. The number of hydrogen-bond acceptors (Lipinski definition) is 12. The number of carbonyl (C=O) groups is 8. The molecule has 24 heteroatoms. The second kappa shape index (κ2) is 29.0. The smallest absolute Gasteiger partial charge is 0.248 e. The van der Waals surface area contributed by atoms with Crippen molar-refractivity contribution in [1.82, 2.24) is 42.1 Å². The van der Waals surface area contributed by atoms with Crippen molar-refractivity contribution in [3.8, 4) is 5.75 Å². The second-order valence-electron chi connectivity index (χ2n) is 17.4. The van der Waals surface area contributed by atoms with Gasteiger partial charge in [-0.3, -0.25) is 49.2 Å². The molecule has 1 aromatic carbocycles. The van der Waals surface area contributed by atoms with Gasteiger partial charge in [0.05, 0.1) is 6.10 Å². The summed E-state index contributed by atoms with van der Waals surface area (Å²) in [7, 11) is 1.24. The SMILES string of the molecule is CC(C)C[C@H](C)C(=O)N[C@H](C(=O)N[C@H](C(=O)N(C)[C@@H](CCCNC(=N)N)C(=O)N[C@@H](CCC(N)=O)C(=O)N[C@@H](CCCNC(=N)N)C(=O)N[C@@H](Cc1ccc(O)cc1)C(N)=O)[C@@H](C)O)C(C)C. The number of nitrogens with two attached hydrogens (primary N) is 4. The summed E-state index contributed by atoms with van der Waals surface area (Å²) in [5, 5.41) is 53.5. The van der Waals surface area contributed by atoms with Crippen LogP contribution in [0.15, 0.2) is 24.3 Å². The van der Waals surface area contributed by atoms with Crippen LogP contribution in [0, 0.1) is 28.6 Å². The Labute approximate surface area is 391 Å². The number of phenolic OH excluding ortho intramolecular Hbond substituents is 1. The van der Waals surface area contributed by atoms with Gasteiger partial charge >= 0.3 is 0 Å². The molecule has 19 N–H and O–H groups in total. The normalized spacial score (nSPS) is 14.7. The number of aliphatic hydroxyl groups excluding tert-OH is 1. The molecular weight excluding hydrogens is 873 g/mol. The minimum atomic E-state index is -1.63. The molecule has 0 spiro atoms. The lowest BCUT2D eigenvalue weighted by Gasteiger charge is -2.34. The molecule has 376 valence electrons. The summed E-state index contributed by atoms with van der Waals surface area (Å²) in [6, 6.07) is -2.55. The number of carbonyl (C=O) groups excluding carboxylic acids is 8. The van der Waals surface area contributed by atoms with E-state index < -0.39 is 102 Å². The molecule has 0 aliphatic rings. The van der Waals surface area contributed by atoms with Crippen LogP contribution in [0.5, 0.6) is 5.75 Å². The van der Waals surface area contributed by atoms with E-state index in [0.29, 0.717) is 12.0 Å². The first-order valence-electron chi connectivity index (χ1n) is 22.2. The first-order valence-corrected chi connectivity index (χ1v) is 22.2. The highest BCUT2D eigenvalue weighted by molar-refractivity contribution is 5.97. The Morgan fingerprint density at radius 2 is 1.13 bits per heavy atom. The topological polar surface area (TPSA) is 416 Å². The molecule has 0 aliphatic carbocycles. The fraction of sp³-hybridized carbons (Fsp3) is 0.628. The average Bonchev–Trinajstić information content (AvgIpc) is 3.23. The van der Waals surface area contributed by atoms with Crippen LogP contribution in [0.25, 0.3) is 0 Å². The van der Waals surface area contributed by atoms with E-state index in [2.05, 4.69) is 37.2 Å². The standard InChI is InChI=1S/C43H74N14O10/c1-22(2)20-24(5)36(62)55-33(23(3)4)40(66)56-34(25(6)58)41(67)57(7)31(11-9-19-51-43(48)49)39(65)53-29(16-17-32(44)60)38(64)52-28(10-8-18-50-42(46)47)37(63)54-30(35(45)61)21-26-12-14-27(59)15-13-26/h12-15,22-25,28-31,33-34,58-59H,8-11,16-21H2,1-7H3,(H2,44,60)(H2,45,61)(H,52,64)(H,53,65)(H,54,63)(H,55,62)(H,56,66)(H4,46,47,50)(H4,48,49,51)/t24-,25+,28-,29-,30-,31-,33-,34-/m0/s1. The van der Waals surface area contributed by atoms with Gasteiger partial charge in [-0.15, -0.1) is 0 Å². The Morgan fingerprint density at radius 3 is 1.61 bits per heavy atom. The summed E-state index contributed by atoms with van der Waals surface area (Å²) in [6.07, 6.45) is -1.76. The number of likely N-dealkylation sites (N-methyl/N-ethyl adjacent to an activating group) is 1. The Morgan fingerprint density at radius 1 is 0.642 bits per heavy atom. The van der Waals surface area contributed by atoms with Crippen LogP contribution in [0.1, 0.15) is 92.1 Å². The molecule has 0 fully saturated rings. The van der Waals surface area contributed by atoms with Gasteiger partial charge in [-0.05, 0) is 75.0 Å². The number of primary amides is 2. The van der Waals surface area contributed by atoms with Crippen LogP contribution >= 0.6 is 0 Å². The summed E-state index contributed by atoms with van der Waals surface area (Å²) >= 11 is 0. The van der Waals surface area contributed by atoms with Crippen molar-refractivity contribution in [2.45, 2.75) is 135 Å². The van der Waals surface area contributed by atoms with Gasteiger partial charge in [0.1, 0.15) is 42.0 Å². The molecule has 0 saturated carbocycles. The molecule has 0 heterocycles. The van der Waals surface area contributed by atoms with Crippen molar-refractivity contribution in [3.63, 3.8) is 0 Å². The number of nitrogens with zero attached hydrogens (tertiary/aromatic N) is 1. The third-order valence-electron chi connectivity index (χ3n) is 10.6. The maximum Gasteiger partial charge on any atom is 0.248 e. The second-order valence-corrected chi connectivity index (χ2v) is 17.4. The summed E-state index contributed by atoms with van der Waals surface area (Å²) in [5.41, 5.74) is 22.4. The van der Waals surface area contributed by atoms with Crippen LogP contribution in [0.2, 0.25) is 0 Å². The summed E-state index contributed by atoms with van der Waals surface area (Å²) < 4.78 is 0. The molecule has 1 rings (SSSR count). The monoisotopic (exact) mass is 947 g/mol. The third kappa shape index (κ3) is 21.9. The number of phenols is 1. The predicted octanol–water partition coefficient (Wildman–Crippen LogP) is -2.82. The van der Waals surface area contributed by atoms with Crippen LogP contribution < -0.4 is 60.2 Å². The molecule has 8 atom stereocenters. The van der Waals surface area contributed by atoms with Crippen LogP contribution in [0.3, 0.4) is 0 Å². The Balaban J connectivity index is 3.55. The van der Waals surface area contributed by atoms with Gasteiger partial charge in [-0.25, -0.2) is 0 Å². The van der Waals surface area contributed by atoms with Crippen molar-refractivity contribution >= 4 is 59.2 Å². The molecule has 1 aromatic rings. The van der Waals surface area contributed by atoms with Gasteiger partial charge in [0.15, 0.2) is 11.9 Å². The van der Waals surface area contributed by atoms with Gasteiger partial charge in [0.2, 0.25) is 47.3 Å². The number of hydrogen-bond donors (Lipinski definition) is 15. The highest BCUT2D eigenvalue weighted by atomic mass is 16.3. The molecule has 0 aliphatic heterocycles. The van der Waals surface area contributed by atoms with Crippen molar-refractivity contribution < 1.29 is 48.6 Å². The van der Waals surface area contributed by atoms with E-state index in [1.165, 1.54) is 38.2 Å². The fourth-order valence-corrected chi connectivity index (χ4v) is 6.92. The molecule has 8 amide bonds. The first kappa shape index (κ1) is 58.3. The largest absolute Gasteiger partial charge is 0.508 e. The van der Waals surface area contributed by atoms with Gasteiger partial charge in [0.25, 0.3) is 0 Å². The number of benzene rings is 1. The summed E-state index contributed by atoms with van der Waals surface area (Å²) in [5.74, 6) is -7.95. The van der Waals surface area contributed by atoms with E-state index in [0.717, 1.165) is 4.90 Å². The highest BCUT2D eigenvalue weighted by Gasteiger charge is 2.38.